The molecule has 0 aliphatic rings. The zero-order valence-electron chi connectivity index (χ0n) is 20.5. The predicted molar refractivity (Wildman–Crippen MR) is 140 cm³/mol. The van der Waals surface area contributed by atoms with E-state index in [0.29, 0.717) is 29.6 Å². The van der Waals surface area contributed by atoms with Gasteiger partial charge in [0.15, 0.2) is 0 Å². The molecule has 2 amide bonds. The fraction of sp³-hybridized carbons (Fsp3) is 0.407. The summed E-state index contributed by atoms with van der Waals surface area (Å²) >= 11 is 1.31. The van der Waals surface area contributed by atoms with E-state index in [1.165, 1.54) is 24.2 Å². The Balaban J connectivity index is 1.54. The van der Waals surface area contributed by atoms with Crippen LogP contribution in [0.5, 0.6) is 5.75 Å². The number of benzene rings is 2. The van der Waals surface area contributed by atoms with Crippen molar-refractivity contribution in [1.29, 1.82) is 0 Å². The molecule has 0 spiro atoms. The van der Waals surface area contributed by atoms with Crippen LogP contribution < -0.4 is 10.1 Å². The van der Waals surface area contributed by atoms with Crippen LogP contribution in [0.2, 0.25) is 0 Å². The van der Waals surface area contributed by atoms with Crippen LogP contribution in [-0.2, 0) is 16.1 Å². The third kappa shape index (κ3) is 8.79. The molecule has 3 rings (SSSR count). The standard InChI is InChI=1S/C27H34N4O3S/c1-3-4-5-6-10-13-25(33)31(20-21-11-8-7-9-12-21)19-18-24(32)28-27-30-29-26(35-27)22-14-16-23(34-2)17-15-22/h7-9,11-12,14-17H,3-6,10,13,18-20H2,1-2H3,(H,28,30,32). The van der Waals surface area contributed by atoms with E-state index in [0.717, 1.165) is 36.1 Å². The van der Waals surface area contributed by atoms with Gasteiger partial charge < -0.3 is 15.0 Å². The maximum Gasteiger partial charge on any atom is 0.227 e. The Bertz CT molecular complexity index is 1050. The van der Waals surface area contributed by atoms with E-state index in [-0.39, 0.29) is 18.2 Å². The lowest BCUT2D eigenvalue weighted by Gasteiger charge is -2.23. The quantitative estimate of drug-likeness (QED) is 0.281. The summed E-state index contributed by atoms with van der Waals surface area (Å²) in [6.45, 7) is 3.04. The lowest BCUT2D eigenvalue weighted by molar-refractivity contribution is -0.132. The first-order chi connectivity index (χ1) is 17.1. The Morgan fingerprint density at radius 2 is 1.69 bits per heavy atom. The highest BCUT2D eigenvalue weighted by Crippen LogP contribution is 2.27. The van der Waals surface area contributed by atoms with E-state index in [9.17, 15) is 9.59 Å². The highest BCUT2D eigenvalue weighted by atomic mass is 32.1. The Hall–Kier alpha value is -3.26. The molecule has 8 heteroatoms. The summed E-state index contributed by atoms with van der Waals surface area (Å²) in [5, 5.41) is 12.3. The van der Waals surface area contributed by atoms with Crippen LogP contribution in [0.1, 0.15) is 57.4 Å². The van der Waals surface area contributed by atoms with Gasteiger partial charge in [0, 0.05) is 31.5 Å². The van der Waals surface area contributed by atoms with Crippen molar-refractivity contribution in [3.8, 4) is 16.3 Å². The first kappa shape index (κ1) is 26.3. The molecule has 35 heavy (non-hydrogen) atoms. The molecule has 0 saturated carbocycles. The number of hydrogen-bond donors (Lipinski definition) is 1. The fourth-order valence-electron chi connectivity index (χ4n) is 3.68. The van der Waals surface area contributed by atoms with E-state index < -0.39 is 0 Å². The van der Waals surface area contributed by atoms with Crippen molar-refractivity contribution in [1.82, 2.24) is 15.1 Å². The minimum atomic E-state index is -0.184. The SMILES string of the molecule is CCCCCCCC(=O)N(CCC(=O)Nc1nnc(-c2ccc(OC)cc2)s1)Cc1ccccc1. The highest BCUT2D eigenvalue weighted by molar-refractivity contribution is 7.18. The average Bonchev–Trinajstić information content (AvgIpc) is 3.35. The molecular formula is C27H34N4O3S. The van der Waals surface area contributed by atoms with Crippen LogP contribution in [0.4, 0.5) is 5.13 Å². The summed E-state index contributed by atoms with van der Waals surface area (Å²) in [4.78, 5) is 27.3. The Kier molecular flexibility index (Phi) is 10.7. The topological polar surface area (TPSA) is 84.4 Å². The van der Waals surface area contributed by atoms with Gasteiger partial charge in [0.25, 0.3) is 0 Å². The molecule has 1 aromatic heterocycles. The van der Waals surface area contributed by atoms with Gasteiger partial charge in [0.05, 0.1) is 7.11 Å². The van der Waals surface area contributed by atoms with Crippen molar-refractivity contribution in [2.75, 3.05) is 19.0 Å². The second kappa shape index (κ2) is 14.2. The smallest absolute Gasteiger partial charge is 0.227 e. The molecule has 7 nitrogen and oxygen atoms in total. The molecule has 0 atom stereocenters. The lowest BCUT2D eigenvalue weighted by Crippen LogP contribution is -2.33. The van der Waals surface area contributed by atoms with Crippen LogP contribution in [-0.4, -0.2) is 40.6 Å². The molecule has 1 heterocycles. The van der Waals surface area contributed by atoms with E-state index in [4.69, 9.17) is 4.74 Å². The Morgan fingerprint density at radius 3 is 2.40 bits per heavy atom. The van der Waals surface area contributed by atoms with E-state index in [1.807, 2.05) is 54.6 Å². The van der Waals surface area contributed by atoms with Crippen molar-refractivity contribution in [2.45, 2.75) is 58.4 Å². The summed E-state index contributed by atoms with van der Waals surface area (Å²) in [5.41, 5.74) is 1.96. The van der Waals surface area contributed by atoms with Crippen molar-refractivity contribution < 1.29 is 14.3 Å². The van der Waals surface area contributed by atoms with Gasteiger partial charge in [-0.25, -0.2) is 0 Å². The number of carbonyl (C=O) groups is 2. The van der Waals surface area contributed by atoms with Crippen LogP contribution >= 0.6 is 11.3 Å². The average molecular weight is 495 g/mol. The molecule has 0 saturated heterocycles. The zero-order valence-corrected chi connectivity index (χ0v) is 21.4. The maximum atomic E-state index is 12.9. The van der Waals surface area contributed by atoms with Crippen molar-refractivity contribution >= 4 is 28.3 Å². The monoisotopic (exact) mass is 494 g/mol. The van der Waals surface area contributed by atoms with Crippen LogP contribution in [0.15, 0.2) is 54.6 Å². The highest BCUT2D eigenvalue weighted by Gasteiger charge is 2.16. The van der Waals surface area contributed by atoms with Gasteiger partial charge in [-0.3, -0.25) is 9.59 Å². The van der Waals surface area contributed by atoms with Crippen molar-refractivity contribution in [3.63, 3.8) is 0 Å². The number of nitrogens with zero attached hydrogens (tertiary/aromatic N) is 3. The molecule has 0 fully saturated rings. The molecular weight excluding hydrogens is 460 g/mol. The number of nitrogens with one attached hydrogen (secondary N) is 1. The van der Waals surface area contributed by atoms with Crippen LogP contribution in [0.3, 0.4) is 0 Å². The first-order valence-corrected chi connectivity index (χ1v) is 13.0. The minimum absolute atomic E-state index is 0.0934. The number of anilines is 1. The Labute approximate surface area is 211 Å². The van der Waals surface area contributed by atoms with Gasteiger partial charge in [-0.1, -0.05) is 74.3 Å². The number of amides is 2. The number of aromatic nitrogens is 2. The summed E-state index contributed by atoms with van der Waals surface area (Å²) in [6.07, 6.45) is 6.20. The molecule has 0 unspecified atom stereocenters. The number of carbonyl (C=O) groups excluding carboxylic acids is 2. The van der Waals surface area contributed by atoms with Gasteiger partial charge in [-0.05, 0) is 36.2 Å². The number of hydrogen-bond acceptors (Lipinski definition) is 6. The minimum Gasteiger partial charge on any atom is -0.497 e. The zero-order chi connectivity index (χ0) is 24.9. The van der Waals surface area contributed by atoms with Gasteiger partial charge in [-0.15, -0.1) is 10.2 Å². The molecule has 0 radical (unpaired) electrons. The van der Waals surface area contributed by atoms with Gasteiger partial charge in [0.1, 0.15) is 10.8 Å². The van der Waals surface area contributed by atoms with Gasteiger partial charge in [-0.2, -0.15) is 0 Å². The second-order valence-electron chi connectivity index (χ2n) is 8.40. The van der Waals surface area contributed by atoms with Gasteiger partial charge >= 0.3 is 0 Å². The summed E-state index contributed by atoms with van der Waals surface area (Å²) < 4.78 is 5.18. The molecule has 186 valence electrons. The third-order valence-corrected chi connectivity index (χ3v) is 6.57. The summed E-state index contributed by atoms with van der Waals surface area (Å²) in [5.74, 6) is 0.675. The number of unbranched alkanes of at least 4 members (excludes halogenated alkanes) is 4. The summed E-state index contributed by atoms with van der Waals surface area (Å²) in [7, 11) is 1.62. The first-order valence-electron chi connectivity index (χ1n) is 12.2. The van der Waals surface area contributed by atoms with Crippen LogP contribution in [0.25, 0.3) is 10.6 Å². The molecule has 1 N–H and O–H groups in total. The van der Waals surface area contributed by atoms with E-state index in [1.54, 1.807) is 12.0 Å². The van der Waals surface area contributed by atoms with Crippen molar-refractivity contribution in [3.05, 3.63) is 60.2 Å². The molecule has 0 bridgehead atoms. The Morgan fingerprint density at radius 1 is 0.943 bits per heavy atom. The number of rotatable bonds is 14. The largest absolute Gasteiger partial charge is 0.497 e. The summed E-state index contributed by atoms with van der Waals surface area (Å²) in [6, 6.07) is 17.4. The van der Waals surface area contributed by atoms with E-state index >= 15 is 0 Å². The number of ether oxygens (including phenoxy) is 1. The van der Waals surface area contributed by atoms with Crippen molar-refractivity contribution in [2.24, 2.45) is 0 Å². The fourth-order valence-corrected chi connectivity index (χ4v) is 4.44. The van der Waals surface area contributed by atoms with E-state index in [2.05, 4.69) is 22.4 Å². The molecule has 0 aliphatic heterocycles. The third-order valence-electron chi connectivity index (χ3n) is 5.68. The molecule has 0 aliphatic carbocycles. The van der Waals surface area contributed by atoms with Crippen LogP contribution in [0, 0.1) is 0 Å². The maximum absolute atomic E-state index is 12.9. The molecule has 2 aromatic carbocycles. The lowest BCUT2D eigenvalue weighted by atomic mass is 10.1. The van der Waals surface area contributed by atoms with Gasteiger partial charge in [0.2, 0.25) is 16.9 Å². The number of methoxy groups -OCH3 is 1. The predicted octanol–water partition coefficient (Wildman–Crippen LogP) is 5.93. The second-order valence-corrected chi connectivity index (χ2v) is 9.38. The normalized spacial score (nSPS) is 10.7. The molecule has 3 aromatic rings.